The van der Waals surface area contributed by atoms with E-state index in [9.17, 15) is 18.0 Å². The molecule has 16 heavy (non-hydrogen) atoms. The molecule has 0 spiro atoms. The van der Waals surface area contributed by atoms with E-state index in [0.717, 1.165) is 0 Å². The first-order valence-corrected chi connectivity index (χ1v) is 4.72. The summed E-state index contributed by atoms with van der Waals surface area (Å²) < 4.78 is 37.7. The van der Waals surface area contributed by atoms with Crippen LogP contribution in [0, 0.1) is 0 Å². The lowest BCUT2D eigenvalue weighted by molar-refractivity contribution is -0.163. The summed E-state index contributed by atoms with van der Waals surface area (Å²) in [6.45, 7) is 0. The second-order valence-corrected chi connectivity index (χ2v) is 3.68. The van der Waals surface area contributed by atoms with E-state index >= 15 is 0 Å². The van der Waals surface area contributed by atoms with Crippen molar-refractivity contribution in [1.82, 2.24) is 0 Å². The van der Waals surface area contributed by atoms with Gasteiger partial charge in [-0.25, -0.2) is 0 Å². The monoisotopic (exact) mass is 252 g/mol. The SMILES string of the molecule is O=C(O)CC(c1ccc(Cl)cc1)C(F)(F)F. The number of rotatable bonds is 3. The molecular formula is C10H8ClF3O2. The van der Waals surface area contributed by atoms with Crippen LogP contribution < -0.4 is 0 Å². The number of alkyl halides is 3. The third-order valence-electron chi connectivity index (χ3n) is 2.05. The fraction of sp³-hybridized carbons (Fsp3) is 0.300. The average molecular weight is 253 g/mol. The number of carboxylic acid groups (broad SMARTS) is 1. The van der Waals surface area contributed by atoms with E-state index in [0.29, 0.717) is 5.02 Å². The Balaban J connectivity index is 3.01. The molecule has 0 radical (unpaired) electrons. The van der Waals surface area contributed by atoms with E-state index < -0.39 is 24.5 Å². The van der Waals surface area contributed by atoms with Crippen LogP contribution >= 0.6 is 11.6 Å². The molecule has 1 unspecified atom stereocenters. The summed E-state index contributed by atoms with van der Waals surface area (Å²) in [4.78, 5) is 10.4. The van der Waals surface area contributed by atoms with Crippen LogP contribution in [0.4, 0.5) is 13.2 Å². The van der Waals surface area contributed by atoms with Crippen molar-refractivity contribution >= 4 is 17.6 Å². The van der Waals surface area contributed by atoms with Crippen LogP contribution in [0.2, 0.25) is 5.02 Å². The standard InChI is InChI=1S/C10H8ClF3O2/c11-7-3-1-6(2-4-7)8(5-9(15)16)10(12,13)14/h1-4,8H,5H2,(H,15,16). The van der Waals surface area contributed by atoms with Crippen molar-refractivity contribution in [2.45, 2.75) is 18.5 Å². The van der Waals surface area contributed by atoms with Crippen LogP contribution in [0.15, 0.2) is 24.3 Å². The van der Waals surface area contributed by atoms with E-state index in [4.69, 9.17) is 16.7 Å². The molecule has 1 atom stereocenters. The first-order chi connectivity index (χ1) is 7.30. The summed E-state index contributed by atoms with van der Waals surface area (Å²) >= 11 is 5.54. The Morgan fingerprint density at radius 2 is 1.81 bits per heavy atom. The molecule has 0 heterocycles. The average Bonchev–Trinajstić information content (AvgIpc) is 2.14. The zero-order valence-electron chi connectivity index (χ0n) is 7.96. The fourth-order valence-corrected chi connectivity index (χ4v) is 1.42. The number of benzene rings is 1. The number of carbonyl (C=O) groups is 1. The van der Waals surface area contributed by atoms with Gasteiger partial charge in [-0.05, 0) is 17.7 Å². The molecule has 6 heteroatoms. The van der Waals surface area contributed by atoms with E-state index in [-0.39, 0.29) is 5.56 Å². The van der Waals surface area contributed by atoms with Crippen molar-refractivity contribution in [2.75, 3.05) is 0 Å². The molecule has 0 saturated heterocycles. The van der Waals surface area contributed by atoms with Crippen molar-refractivity contribution in [3.05, 3.63) is 34.9 Å². The highest BCUT2D eigenvalue weighted by atomic mass is 35.5. The maximum atomic E-state index is 12.6. The lowest BCUT2D eigenvalue weighted by atomic mass is 9.95. The summed E-state index contributed by atoms with van der Waals surface area (Å²) in [5.41, 5.74) is -0.0979. The quantitative estimate of drug-likeness (QED) is 0.894. The topological polar surface area (TPSA) is 37.3 Å². The third kappa shape index (κ3) is 3.41. The molecule has 0 saturated carbocycles. The summed E-state index contributed by atoms with van der Waals surface area (Å²) in [7, 11) is 0. The van der Waals surface area contributed by atoms with Gasteiger partial charge in [0.1, 0.15) is 0 Å². The summed E-state index contributed by atoms with van der Waals surface area (Å²) in [6, 6.07) is 4.97. The van der Waals surface area contributed by atoms with Gasteiger partial charge in [-0.1, -0.05) is 23.7 Å². The highest BCUT2D eigenvalue weighted by Gasteiger charge is 2.41. The zero-order valence-corrected chi connectivity index (χ0v) is 8.72. The predicted octanol–water partition coefficient (Wildman–Crippen LogP) is 3.46. The first kappa shape index (κ1) is 12.8. The van der Waals surface area contributed by atoms with Gasteiger partial charge in [-0.3, -0.25) is 4.79 Å². The molecule has 0 amide bonds. The van der Waals surface area contributed by atoms with Gasteiger partial charge in [0.15, 0.2) is 0 Å². The number of hydrogen-bond acceptors (Lipinski definition) is 1. The number of carboxylic acids is 1. The molecule has 1 aromatic rings. The van der Waals surface area contributed by atoms with Crippen molar-refractivity contribution < 1.29 is 23.1 Å². The minimum Gasteiger partial charge on any atom is -0.481 e. The summed E-state index contributed by atoms with van der Waals surface area (Å²) in [5, 5.41) is 8.74. The Labute approximate surface area is 94.6 Å². The maximum absolute atomic E-state index is 12.6. The first-order valence-electron chi connectivity index (χ1n) is 4.34. The minimum atomic E-state index is -4.58. The van der Waals surface area contributed by atoms with Gasteiger partial charge in [0, 0.05) is 5.02 Å². The van der Waals surface area contributed by atoms with E-state index in [1.807, 2.05) is 0 Å². The molecule has 0 aliphatic heterocycles. The van der Waals surface area contributed by atoms with E-state index in [1.165, 1.54) is 24.3 Å². The molecule has 0 aliphatic carbocycles. The Kier molecular flexibility index (Phi) is 3.80. The lowest BCUT2D eigenvalue weighted by Crippen LogP contribution is -2.23. The molecule has 1 rings (SSSR count). The van der Waals surface area contributed by atoms with Gasteiger partial charge in [0.05, 0.1) is 12.3 Å². The van der Waals surface area contributed by atoms with E-state index in [2.05, 4.69) is 0 Å². The fourth-order valence-electron chi connectivity index (χ4n) is 1.29. The van der Waals surface area contributed by atoms with Gasteiger partial charge in [-0.15, -0.1) is 0 Å². The largest absolute Gasteiger partial charge is 0.481 e. The van der Waals surface area contributed by atoms with Crippen LogP contribution in [-0.4, -0.2) is 17.3 Å². The van der Waals surface area contributed by atoms with Crippen molar-refractivity contribution in [2.24, 2.45) is 0 Å². The minimum absolute atomic E-state index is 0.0979. The van der Waals surface area contributed by atoms with Gasteiger partial charge < -0.3 is 5.11 Å². The van der Waals surface area contributed by atoms with Gasteiger partial charge >= 0.3 is 12.1 Å². The molecule has 0 aliphatic rings. The highest BCUT2D eigenvalue weighted by molar-refractivity contribution is 6.30. The van der Waals surface area contributed by atoms with Crippen LogP contribution in [-0.2, 0) is 4.79 Å². The predicted molar refractivity (Wildman–Crippen MR) is 52.5 cm³/mol. The summed E-state index contributed by atoms with van der Waals surface area (Å²) in [6.07, 6.45) is -5.56. The normalized spacial score (nSPS) is 13.5. The molecule has 2 nitrogen and oxygen atoms in total. The van der Waals surface area contributed by atoms with Crippen LogP contribution in [0.5, 0.6) is 0 Å². The maximum Gasteiger partial charge on any atom is 0.396 e. The van der Waals surface area contributed by atoms with E-state index in [1.54, 1.807) is 0 Å². The molecule has 88 valence electrons. The Morgan fingerprint density at radius 1 is 1.31 bits per heavy atom. The Hall–Kier alpha value is -1.23. The second kappa shape index (κ2) is 4.74. The lowest BCUT2D eigenvalue weighted by Gasteiger charge is -2.18. The van der Waals surface area contributed by atoms with Crippen molar-refractivity contribution in [3.8, 4) is 0 Å². The molecule has 0 fully saturated rings. The second-order valence-electron chi connectivity index (χ2n) is 3.24. The zero-order chi connectivity index (χ0) is 12.3. The molecule has 1 N–H and O–H groups in total. The summed E-state index contributed by atoms with van der Waals surface area (Å²) in [5.74, 6) is -3.49. The molecule has 1 aromatic carbocycles. The molecule has 0 bridgehead atoms. The van der Waals surface area contributed by atoms with Crippen LogP contribution in [0.3, 0.4) is 0 Å². The third-order valence-corrected chi connectivity index (χ3v) is 2.30. The van der Waals surface area contributed by atoms with Gasteiger partial charge in [0.2, 0.25) is 0 Å². The van der Waals surface area contributed by atoms with Gasteiger partial charge in [-0.2, -0.15) is 13.2 Å². The van der Waals surface area contributed by atoms with Crippen molar-refractivity contribution in [1.29, 1.82) is 0 Å². The number of hydrogen-bond donors (Lipinski definition) is 1. The highest BCUT2D eigenvalue weighted by Crippen LogP contribution is 2.37. The number of halogens is 4. The van der Waals surface area contributed by atoms with Gasteiger partial charge in [0.25, 0.3) is 0 Å². The molecular weight excluding hydrogens is 245 g/mol. The van der Waals surface area contributed by atoms with Crippen LogP contribution in [0.25, 0.3) is 0 Å². The Morgan fingerprint density at radius 3 is 2.19 bits per heavy atom. The Bertz CT molecular complexity index is 373. The number of aliphatic carboxylic acids is 1. The van der Waals surface area contributed by atoms with Crippen LogP contribution in [0.1, 0.15) is 17.9 Å². The molecule has 0 aromatic heterocycles. The van der Waals surface area contributed by atoms with Crippen molar-refractivity contribution in [3.63, 3.8) is 0 Å². The smallest absolute Gasteiger partial charge is 0.396 e.